The van der Waals surface area contributed by atoms with Crippen LogP contribution in [0.15, 0.2) is 63.2 Å². The van der Waals surface area contributed by atoms with E-state index in [0.717, 1.165) is 11.1 Å². The maximum atomic E-state index is 13.4. The van der Waals surface area contributed by atoms with Gasteiger partial charge in [-0.1, -0.05) is 23.8 Å². The van der Waals surface area contributed by atoms with Gasteiger partial charge in [0.2, 0.25) is 9.84 Å². The van der Waals surface area contributed by atoms with Crippen LogP contribution in [0.4, 0.5) is 0 Å². The Morgan fingerprint density at radius 1 is 1.06 bits per heavy atom. The molecular formula is C23H24N4O5S. The van der Waals surface area contributed by atoms with Crippen LogP contribution in [0.5, 0.6) is 0 Å². The number of pyridine rings is 2. The molecule has 0 radical (unpaired) electrons. The zero-order valence-corrected chi connectivity index (χ0v) is 19.1. The lowest BCUT2D eigenvalue weighted by Gasteiger charge is -2.15. The summed E-state index contributed by atoms with van der Waals surface area (Å²) in [5.74, 6) is 0. The summed E-state index contributed by atoms with van der Waals surface area (Å²) < 4.78 is 35.0. The lowest BCUT2D eigenvalue weighted by Crippen LogP contribution is -2.31. The maximum absolute atomic E-state index is 13.4. The third kappa shape index (κ3) is 4.20. The van der Waals surface area contributed by atoms with Crippen molar-refractivity contribution in [3.05, 3.63) is 75.6 Å². The maximum Gasteiger partial charge on any atom is 0.267 e. The minimum absolute atomic E-state index is 0.0359. The molecule has 4 aromatic rings. The Labute approximate surface area is 190 Å². The summed E-state index contributed by atoms with van der Waals surface area (Å²) in [5, 5.41) is 17.7. The average Bonchev–Trinajstić information content (AvgIpc) is 2.78. The van der Waals surface area contributed by atoms with E-state index in [1.54, 1.807) is 24.4 Å². The zero-order chi connectivity index (χ0) is 23.8. The van der Waals surface area contributed by atoms with Gasteiger partial charge in [-0.05, 0) is 43.7 Å². The molecule has 2 N–H and O–H groups in total. The molecule has 0 saturated heterocycles. The van der Waals surface area contributed by atoms with E-state index in [0.29, 0.717) is 5.65 Å². The standard InChI is InChI=1S/C23H24N4O5S/c1-15-3-6-17(7-4-15)33(30,31)19-13-18-22(26(21(19)24)9-11-32-12-10-28)25-20-8-5-16(2)14-27(20)23(18)29/h3-8,13-14,24,28H,9-12H2,1-2H3. The second-order valence-corrected chi connectivity index (χ2v) is 9.67. The second kappa shape index (κ2) is 8.89. The normalized spacial score (nSPS) is 12.0. The van der Waals surface area contributed by atoms with Gasteiger partial charge in [0.15, 0.2) is 0 Å². The Morgan fingerprint density at radius 3 is 2.45 bits per heavy atom. The van der Waals surface area contributed by atoms with Crippen LogP contribution in [0.3, 0.4) is 0 Å². The fourth-order valence-electron chi connectivity index (χ4n) is 3.61. The molecule has 0 spiro atoms. The van der Waals surface area contributed by atoms with Crippen LogP contribution in [0, 0.1) is 19.3 Å². The van der Waals surface area contributed by atoms with Gasteiger partial charge in [-0.2, -0.15) is 0 Å². The van der Waals surface area contributed by atoms with Crippen LogP contribution >= 0.6 is 0 Å². The van der Waals surface area contributed by atoms with E-state index >= 15 is 0 Å². The lowest BCUT2D eigenvalue weighted by atomic mass is 10.2. The van der Waals surface area contributed by atoms with Crippen LogP contribution in [0.2, 0.25) is 0 Å². The SMILES string of the molecule is Cc1ccc(S(=O)(=O)c2cc3c(=O)n4cc(C)ccc4nc3n(CCOCCO)c2=N)cc1. The molecule has 4 rings (SSSR count). The molecule has 10 heteroatoms. The number of aliphatic hydroxyl groups excluding tert-OH is 1. The largest absolute Gasteiger partial charge is 0.394 e. The van der Waals surface area contributed by atoms with E-state index in [1.165, 1.54) is 27.2 Å². The Balaban J connectivity index is 2.03. The number of aromatic nitrogens is 3. The first-order valence-electron chi connectivity index (χ1n) is 10.4. The molecule has 9 nitrogen and oxygen atoms in total. The predicted molar refractivity (Wildman–Crippen MR) is 122 cm³/mol. The molecule has 0 atom stereocenters. The van der Waals surface area contributed by atoms with Crippen molar-refractivity contribution in [2.75, 3.05) is 19.8 Å². The summed E-state index contributed by atoms with van der Waals surface area (Å²) in [4.78, 5) is 17.6. The summed E-state index contributed by atoms with van der Waals surface area (Å²) in [6.07, 6.45) is 1.64. The molecule has 0 saturated carbocycles. The average molecular weight is 469 g/mol. The molecule has 3 aromatic heterocycles. The summed E-state index contributed by atoms with van der Waals surface area (Å²) in [6, 6.07) is 11.1. The van der Waals surface area contributed by atoms with Gasteiger partial charge >= 0.3 is 0 Å². The number of ether oxygens (including phenoxy) is 1. The molecule has 0 aliphatic heterocycles. The Morgan fingerprint density at radius 2 is 1.76 bits per heavy atom. The molecule has 3 heterocycles. The Kier molecular flexibility index (Phi) is 6.15. The fraction of sp³-hybridized carbons (Fsp3) is 0.261. The van der Waals surface area contributed by atoms with Crippen LogP contribution in [-0.4, -0.2) is 47.3 Å². The number of aliphatic hydroxyl groups is 1. The van der Waals surface area contributed by atoms with E-state index in [4.69, 9.17) is 15.3 Å². The number of nitrogens with zero attached hydrogens (tertiary/aromatic N) is 3. The highest BCUT2D eigenvalue weighted by Crippen LogP contribution is 2.21. The second-order valence-electron chi connectivity index (χ2n) is 7.75. The summed E-state index contributed by atoms with van der Waals surface area (Å²) >= 11 is 0. The molecule has 0 aliphatic rings. The first-order chi connectivity index (χ1) is 15.7. The third-order valence-corrected chi connectivity index (χ3v) is 7.12. The van der Waals surface area contributed by atoms with Crippen molar-refractivity contribution in [1.29, 1.82) is 5.41 Å². The minimum atomic E-state index is -4.08. The van der Waals surface area contributed by atoms with Gasteiger partial charge in [0, 0.05) is 12.7 Å². The van der Waals surface area contributed by atoms with E-state index < -0.39 is 15.4 Å². The van der Waals surface area contributed by atoms with Gasteiger partial charge in [0.05, 0.1) is 30.1 Å². The number of benzene rings is 1. The highest BCUT2D eigenvalue weighted by atomic mass is 32.2. The van der Waals surface area contributed by atoms with Gasteiger partial charge in [-0.25, -0.2) is 13.4 Å². The lowest BCUT2D eigenvalue weighted by molar-refractivity contribution is 0.0867. The Hall–Kier alpha value is -3.34. The van der Waals surface area contributed by atoms with Crippen molar-refractivity contribution >= 4 is 26.5 Å². The van der Waals surface area contributed by atoms with Crippen molar-refractivity contribution in [3.63, 3.8) is 0 Å². The molecule has 0 aliphatic carbocycles. The van der Waals surface area contributed by atoms with Gasteiger partial charge in [0.25, 0.3) is 5.56 Å². The van der Waals surface area contributed by atoms with Crippen LogP contribution in [0.1, 0.15) is 11.1 Å². The molecular weight excluding hydrogens is 444 g/mol. The third-order valence-electron chi connectivity index (χ3n) is 5.34. The smallest absolute Gasteiger partial charge is 0.267 e. The fourth-order valence-corrected chi connectivity index (χ4v) is 4.99. The van der Waals surface area contributed by atoms with Crippen LogP contribution in [0.25, 0.3) is 16.7 Å². The van der Waals surface area contributed by atoms with Crippen molar-refractivity contribution in [1.82, 2.24) is 14.0 Å². The van der Waals surface area contributed by atoms with E-state index in [1.807, 2.05) is 19.9 Å². The topological polar surface area (TPSA) is 127 Å². The van der Waals surface area contributed by atoms with Crippen molar-refractivity contribution in [2.45, 2.75) is 30.2 Å². The number of sulfone groups is 1. The number of fused-ring (bicyclic) bond motifs is 2. The van der Waals surface area contributed by atoms with Gasteiger partial charge in [0.1, 0.15) is 21.7 Å². The molecule has 1 aromatic carbocycles. The number of hydrogen-bond donors (Lipinski definition) is 2. The van der Waals surface area contributed by atoms with Gasteiger partial charge in [-0.3, -0.25) is 14.6 Å². The van der Waals surface area contributed by atoms with Crippen LogP contribution < -0.4 is 11.0 Å². The number of hydrogen-bond acceptors (Lipinski definition) is 7. The zero-order valence-electron chi connectivity index (χ0n) is 18.3. The molecule has 0 fully saturated rings. The first-order valence-corrected chi connectivity index (χ1v) is 11.8. The number of aryl methyl sites for hydroxylation is 2. The number of nitrogens with one attached hydrogen (secondary N) is 1. The molecule has 0 unspecified atom stereocenters. The summed E-state index contributed by atoms with van der Waals surface area (Å²) in [7, 11) is -4.08. The highest BCUT2D eigenvalue weighted by molar-refractivity contribution is 7.91. The van der Waals surface area contributed by atoms with Crippen LogP contribution in [-0.2, 0) is 21.1 Å². The van der Waals surface area contributed by atoms with E-state index in [2.05, 4.69) is 4.98 Å². The highest BCUT2D eigenvalue weighted by Gasteiger charge is 2.24. The molecule has 0 bridgehead atoms. The Bertz CT molecular complexity index is 1570. The van der Waals surface area contributed by atoms with E-state index in [9.17, 15) is 13.2 Å². The van der Waals surface area contributed by atoms with E-state index in [-0.39, 0.29) is 52.7 Å². The summed E-state index contributed by atoms with van der Waals surface area (Å²) in [5.41, 5.74) is 1.61. The van der Waals surface area contributed by atoms with Crippen molar-refractivity contribution < 1.29 is 18.3 Å². The molecule has 33 heavy (non-hydrogen) atoms. The minimum Gasteiger partial charge on any atom is -0.394 e. The first kappa shape index (κ1) is 22.8. The monoisotopic (exact) mass is 468 g/mol. The quantitative estimate of drug-likeness (QED) is 0.313. The molecule has 0 amide bonds. The van der Waals surface area contributed by atoms with Crippen molar-refractivity contribution in [3.8, 4) is 0 Å². The number of rotatable bonds is 7. The van der Waals surface area contributed by atoms with Crippen molar-refractivity contribution in [2.24, 2.45) is 0 Å². The van der Waals surface area contributed by atoms with Gasteiger partial charge < -0.3 is 14.4 Å². The molecule has 172 valence electrons. The summed E-state index contributed by atoms with van der Waals surface area (Å²) in [6.45, 7) is 3.82. The van der Waals surface area contributed by atoms with Gasteiger partial charge in [-0.15, -0.1) is 0 Å². The predicted octanol–water partition coefficient (Wildman–Crippen LogP) is 1.59.